The maximum absolute atomic E-state index is 11.7. The Morgan fingerprint density at radius 1 is 0.654 bits per heavy atom. The van der Waals surface area contributed by atoms with Gasteiger partial charge in [0.25, 0.3) is 0 Å². The molecule has 14 heteroatoms. The number of aliphatic hydroxyl groups is 1. The number of hydrogen-bond donors (Lipinski definition) is 6. The first-order valence-electron chi connectivity index (χ1n) is 6.30. The summed E-state index contributed by atoms with van der Waals surface area (Å²) in [7, 11) is 0. The summed E-state index contributed by atoms with van der Waals surface area (Å²) in [6, 6.07) is 0. The van der Waals surface area contributed by atoms with Crippen LogP contribution in [0.5, 0.6) is 0 Å². The number of aliphatic carboxylic acids is 5. The Hall–Kier alpha value is -1.58. The first kappa shape index (κ1) is 26.6. The van der Waals surface area contributed by atoms with Crippen LogP contribution >= 0.6 is 0 Å². The van der Waals surface area contributed by atoms with E-state index in [9.17, 15) is 33.9 Å². The van der Waals surface area contributed by atoms with Crippen LogP contribution in [-0.2, 0) is 33.5 Å². The third kappa shape index (κ3) is 8.20. The molecule has 0 saturated heterocycles. The van der Waals surface area contributed by atoms with Crippen LogP contribution in [0.4, 0.5) is 0 Å². The van der Waals surface area contributed by atoms with E-state index in [1.807, 2.05) is 0 Å². The molecule has 26 heavy (non-hydrogen) atoms. The zero-order valence-corrected chi connectivity index (χ0v) is 12.4. The molecule has 0 radical (unpaired) electrons. The summed E-state index contributed by atoms with van der Waals surface area (Å²) in [5, 5.41) is 53.5. The molecule has 0 bridgehead atoms. The molecule has 0 amide bonds. The Morgan fingerprint density at radius 3 is 1.31 bits per heavy atom. The molecule has 0 aliphatic carbocycles. The average molecular weight is 406 g/mol. The first-order chi connectivity index (χ1) is 11.2. The SMILES string of the molecule is O=C(O)CC(O)(CC(=O)OC(CC(=O)O)(CC(=O)O)C(=O)O)C(=O)O.[KH]. The van der Waals surface area contributed by atoms with Crippen LogP contribution in [0.15, 0.2) is 0 Å². The van der Waals surface area contributed by atoms with Crippen molar-refractivity contribution in [1.82, 2.24) is 0 Å². The van der Waals surface area contributed by atoms with Gasteiger partial charge >= 0.3 is 87.2 Å². The fourth-order valence-corrected chi connectivity index (χ4v) is 1.77. The van der Waals surface area contributed by atoms with Gasteiger partial charge in [0.05, 0.1) is 25.7 Å². The third-order valence-electron chi connectivity index (χ3n) is 2.85. The van der Waals surface area contributed by atoms with Gasteiger partial charge in [-0.15, -0.1) is 0 Å². The zero-order valence-electron chi connectivity index (χ0n) is 12.4. The Morgan fingerprint density at radius 2 is 1.04 bits per heavy atom. The first-order valence-corrected chi connectivity index (χ1v) is 6.30. The summed E-state index contributed by atoms with van der Waals surface area (Å²) in [6.45, 7) is 0. The van der Waals surface area contributed by atoms with Crippen molar-refractivity contribution in [2.75, 3.05) is 0 Å². The second kappa shape index (κ2) is 10.5. The molecule has 0 heterocycles. The van der Waals surface area contributed by atoms with Crippen LogP contribution in [0.2, 0.25) is 0 Å². The number of rotatable bonds is 11. The molecule has 0 aromatic rings. The third-order valence-corrected chi connectivity index (χ3v) is 2.85. The van der Waals surface area contributed by atoms with Gasteiger partial charge in [-0.25, -0.2) is 9.59 Å². The van der Waals surface area contributed by atoms with Crippen LogP contribution in [0, 0.1) is 0 Å². The van der Waals surface area contributed by atoms with Gasteiger partial charge in [-0.3, -0.25) is 19.2 Å². The van der Waals surface area contributed by atoms with Crippen LogP contribution in [0.1, 0.15) is 25.7 Å². The van der Waals surface area contributed by atoms with Crippen molar-refractivity contribution in [3.63, 3.8) is 0 Å². The van der Waals surface area contributed by atoms with Crippen molar-refractivity contribution >= 4 is 87.2 Å². The monoisotopic (exact) mass is 406 g/mol. The van der Waals surface area contributed by atoms with Gasteiger partial charge in [-0.05, 0) is 0 Å². The van der Waals surface area contributed by atoms with E-state index in [0.717, 1.165) is 0 Å². The van der Waals surface area contributed by atoms with Crippen molar-refractivity contribution in [3.05, 3.63) is 0 Å². The number of carboxylic acids is 5. The Kier molecular flexibility index (Phi) is 10.8. The van der Waals surface area contributed by atoms with Gasteiger partial charge < -0.3 is 35.4 Å². The van der Waals surface area contributed by atoms with E-state index in [1.54, 1.807) is 0 Å². The van der Waals surface area contributed by atoms with Crippen LogP contribution < -0.4 is 0 Å². The summed E-state index contributed by atoms with van der Waals surface area (Å²) in [6.07, 6.45) is -5.94. The summed E-state index contributed by atoms with van der Waals surface area (Å²) in [5.74, 6) is -11.6. The molecule has 142 valence electrons. The number of esters is 1. The van der Waals surface area contributed by atoms with Crippen molar-refractivity contribution in [2.45, 2.75) is 36.9 Å². The second-order valence-electron chi connectivity index (χ2n) is 5.00. The molecule has 0 aromatic heterocycles. The number of ether oxygens (including phenoxy) is 1. The molecule has 0 rings (SSSR count). The van der Waals surface area contributed by atoms with Gasteiger partial charge in [0.15, 0.2) is 5.60 Å². The molecule has 1 atom stereocenters. The number of carboxylic acid groups (broad SMARTS) is 5. The van der Waals surface area contributed by atoms with E-state index >= 15 is 0 Å². The molecule has 1 unspecified atom stereocenters. The number of hydrogen-bond acceptors (Lipinski definition) is 8. The minimum absolute atomic E-state index is 0. The predicted molar refractivity (Wildman–Crippen MR) is 77.6 cm³/mol. The predicted octanol–water partition coefficient (Wildman–Crippen LogP) is -2.67. The Bertz CT molecular complexity index is 596. The van der Waals surface area contributed by atoms with Gasteiger partial charge in [-0.2, -0.15) is 0 Å². The topological polar surface area (TPSA) is 233 Å². The molecule has 0 aliphatic heterocycles. The average Bonchev–Trinajstić information content (AvgIpc) is 2.34. The molecule has 0 fully saturated rings. The van der Waals surface area contributed by atoms with Crippen molar-refractivity contribution in [2.24, 2.45) is 0 Å². The fraction of sp³-hybridized carbons (Fsp3) is 0.500. The normalized spacial score (nSPS) is 12.8. The summed E-state index contributed by atoms with van der Waals surface area (Å²) < 4.78 is 4.33. The van der Waals surface area contributed by atoms with Gasteiger partial charge in [-0.1, -0.05) is 0 Å². The van der Waals surface area contributed by atoms with Gasteiger partial charge in [0, 0.05) is 0 Å². The summed E-state index contributed by atoms with van der Waals surface area (Å²) >= 11 is 0. The molecule has 0 aliphatic rings. The van der Waals surface area contributed by atoms with Gasteiger partial charge in [0.2, 0.25) is 5.60 Å². The van der Waals surface area contributed by atoms with Crippen LogP contribution in [0.3, 0.4) is 0 Å². The molecular weight excluding hydrogens is 391 g/mol. The Labute approximate surface area is 187 Å². The fourth-order valence-electron chi connectivity index (χ4n) is 1.77. The molecule has 0 spiro atoms. The van der Waals surface area contributed by atoms with E-state index in [4.69, 9.17) is 25.5 Å². The summed E-state index contributed by atoms with van der Waals surface area (Å²) in [5.41, 5.74) is -6.24. The summed E-state index contributed by atoms with van der Waals surface area (Å²) in [4.78, 5) is 66.0. The molecular formula is C12H15KO13. The van der Waals surface area contributed by atoms with E-state index in [-0.39, 0.29) is 51.4 Å². The standard InChI is InChI=1S/C12H14O13.K.H/c13-5(14)1-11(24,9(20)21)4-8(19)25-12(10(22)23,2-6(15)16)3-7(17)18;;/h24H,1-4H2,(H,13,14)(H,15,16)(H,17,18)(H,20,21)(H,22,23);;. The molecule has 0 saturated carbocycles. The quantitative estimate of drug-likeness (QED) is 0.152. The van der Waals surface area contributed by atoms with Crippen LogP contribution in [-0.4, -0.2) is 129 Å². The van der Waals surface area contributed by atoms with Crippen molar-refractivity contribution in [1.29, 1.82) is 0 Å². The number of carbonyl (C=O) groups excluding carboxylic acids is 1. The van der Waals surface area contributed by atoms with Crippen molar-refractivity contribution < 1.29 is 64.1 Å². The number of carbonyl (C=O) groups is 6. The molecule has 6 N–H and O–H groups in total. The van der Waals surface area contributed by atoms with E-state index < -0.39 is 72.7 Å². The van der Waals surface area contributed by atoms with E-state index in [1.165, 1.54) is 0 Å². The van der Waals surface area contributed by atoms with E-state index in [2.05, 4.69) is 4.74 Å². The van der Waals surface area contributed by atoms with Crippen molar-refractivity contribution in [3.8, 4) is 0 Å². The second-order valence-corrected chi connectivity index (χ2v) is 5.00. The van der Waals surface area contributed by atoms with E-state index in [0.29, 0.717) is 0 Å². The molecule has 0 aromatic carbocycles. The minimum atomic E-state index is -3.17. The van der Waals surface area contributed by atoms with Gasteiger partial charge in [0.1, 0.15) is 0 Å². The Balaban J connectivity index is 0. The van der Waals surface area contributed by atoms with Crippen LogP contribution in [0.25, 0.3) is 0 Å². The maximum atomic E-state index is 11.7. The zero-order chi connectivity index (χ0) is 20.0. The molecule has 13 nitrogen and oxygen atoms in total.